The van der Waals surface area contributed by atoms with Gasteiger partial charge < -0.3 is 5.32 Å². The molecule has 0 bridgehead atoms. The third kappa shape index (κ3) is 3.65. The van der Waals surface area contributed by atoms with E-state index in [0.717, 1.165) is 28.1 Å². The Hall–Kier alpha value is -0.710. The fourth-order valence-corrected chi connectivity index (χ4v) is 3.34. The molecule has 0 saturated carbocycles. The maximum atomic E-state index is 4.70. The molecule has 0 amide bonds. The molecule has 2 aromatic rings. The summed E-state index contributed by atoms with van der Waals surface area (Å²) in [5.74, 6) is 0. The number of nitrogens with one attached hydrogen (secondary N) is 1. The van der Waals surface area contributed by atoms with Gasteiger partial charge in [-0.25, -0.2) is 4.98 Å². The van der Waals surface area contributed by atoms with E-state index in [4.69, 9.17) is 4.98 Å². The first kappa shape index (κ1) is 14.7. The molecule has 0 radical (unpaired) electrons. The number of hydrogen-bond donors (Lipinski definition) is 1. The standard InChI is InChI=1S/C15H19BrN2S/c1-4-9-17-10(2)14-11(3)18-15(19-14)12-5-7-13(16)8-6-12/h5-8,10,17H,4,9H2,1-3H3. The predicted molar refractivity (Wildman–Crippen MR) is 86.7 cm³/mol. The van der Waals surface area contributed by atoms with E-state index in [9.17, 15) is 0 Å². The zero-order chi connectivity index (χ0) is 13.8. The highest BCUT2D eigenvalue weighted by molar-refractivity contribution is 9.10. The van der Waals surface area contributed by atoms with Gasteiger partial charge in [0, 0.05) is 21.0 Å². The average molecular weight is 339 g/mol. The van der Waals surface area contributed by atoms with Gasteiger partial charge in [-0.2, -0.15) is 0 Å². The highest BCUT2D eigenvalue weighted by Crippen LogP contribution is 2.32. The van der Waals surface area contributed by atoms with Crippen molar-refractivity contribution in [1.29, 1.82) is 0 Å². The normalized spacial score (nSPS) is 12.6. The molecule has 0 aliphatic carbocycles. The fraction of sp³-hybridized carbons (Fsp3) is 0.400. The van der Waals surface area contributed by atoms with Gasteiger partial charge in [0.2, 0.25) is 0 Å². The first-order valence-corrected chi connectivity index (χ1v) is 8.19. The van der Waals surface area contributed by atoms with Crippen LogP contribution in [0.2, 0.25) is 0 Å². The molecule has 1 N–H and O–H groups in total. The molecular formula is C15H19BrN2S. The van der Waals surface area contributed by atoms with Gasteiger partial charge in [-0.15, -0.1) is 11.3 Å². The van der Waals surface area contributed by atoms with Crippen LogP contribution in [-0.4, -0.2) is 11.5 Å². The SMILES string of the molecule is CCCNC(C)c1sc(-c2ccc(Br)cc2)nc1C. The summed E-state index contributed by atoms with van der Waals surface area (Å²) >= 11 is 5.25. The summed E-state index contributed by atoms with van der Waals surface area (Å²) in [7, 11) is 0. The number of thiazole rings is 1. The Morgan fingerprint density at radius 2 is 2.00 bits per heavy atom. The maximum Gasteiger partial charge on any atom is 0.123 e. The van der Waals surface area contributed by atoms with Crippen LogP contribution in [0.1, 0.15) is 36.9 Å². The number of rotatable bonds is 5. The molecule has 1 heterocycles. The van der Waals surface area contributed by atoms with Crippen molar-refractivity contribution in [2.75, 3.05) is 6.54 Å². The summed E-state index contributed by atoms with van der Waals surface area (Å²) in [6, 6.07) is 8.71. The lowest BCUT2D eigenvalue weighted by atomic mass is 10.2. The van der Waals surface area contributed by atoms with Gasteiger partial charge in [0.1, 0.15) is 5.01 Å². The van der Waals surface area contributed by atoms with Crippen LogP contribution in [-0.2, 0) is 0 Å². The summed E-state index contributed by atoms with van der Waals surface area (Å²) in [4.78, 5) is 6.04. The Balaban J connectivity index is 2.23. The van der Waals surface area contributed by atoms with Crippen LogP contribution in [0.4, 0.5) is 0 Å². The quantitative estimate of drug-likeness (QED) is 0.834. The number of benzene rings is 1. The summed E-state index contributed by atoms with van der Waals surface area (Å²) < 4.78 is 1.10. The smallest absolute Gasteiger partial charge is 0.123 e. The van der Waals surface area contributed by atoms with E-state index in [2.05, 4.69) is 66.3 Å². The lowest BCUT2D eigenvalue weighted by molar-refractivity contribution is 0.575. The van der Waals surface area contributed by atoms with Crippen LogP contribution in [0, 0.1) is 6.92 Å². The Kier molecular flexibility index (Phi) is 5.13. The van der Waals surface area contributed by atoms with E-state index < -0.39 is 0 Å². The Labute approximate surface area is 127 Å². The number of aromatic nitrogens is 1. The minimum absolute atomic E-state index is 0.377. The predicted octanol–water partition coefficient (Wildman–Crippen LogP) is 4.94. The van der Waals surface area contributed by atoms with Crippen LogP contribution < -0.4 is 5.32 Å². The molecule has 1 aromatic carbocycles. The minimum Gasteiger partial charge on any atom is -0.309 e. The molecule has 0 spiro atoms. The lowest BCUT2D eigenvalue weighted by Gasteiger charge is -2.11. The van der Waals surface area contributed by atoms with Gasteiger partial charge in [0.15, 0.2) is 0 Å². The van der Waals surface area contributed by atoms with E-state index in [1.165, 1.54) is 10.4 Å². The molecule has 1 aromatic heterocycles. The van der Waals surface area contributed by atoms with Crippen LogP contribution in [0.5, 0.6) is 0 Å². The van der Waals surface area contributed by atoms with Gasteiger partial charge in [-0.3, -0.25) is 0 Å². The van der Waals surface area contributed by atoms with E-state index in [0.29, 0.717) is 6.04 Å². The monoisotopic (exact) mass is 338 g/mol. The zero-order valence-electron chi connectivity index (χ0n) is 11.5. The van der Waals surface area contributed by atoms with Gasteiger partial charge >= 0.3 is 0 Å². The van der Waals surface area contributed by atoms with Gasteiger partial charge in [0.05, 0.1) is 5.69 Å². The Morgan fingerprint density at radius 1 is 1.32 bits per heavy atom. The Morgan fingerprint density at radius 3 is 2.63 bits per heavy atom. The van der Waals surface area contributed by atoms with Crippen molar-refractivity contribution in [2.45, 2.75) is 33.2 Å². The third-order valence-corrected chi connectivity index (χ3v) is 4.94. The van der Waals surface area contributed by atoms with Crippen molar-refractivity contribution in [2.24, 2.45) is 0 Å². The van der Waals surface area contributed by atoms with Crippen LogP contribution in [0.25, 0.3) is 10.6 Å². The largest absolute Gasteiger partial charge is 0.309 e. The average Bonchev–Trinajstić information content (AvgIpc) is 2.79. The molecule has 102 valence electrons. The summed E-state index contributed by atoms with van der Waals surface area (Å²) in [6.07, 6.45) is 1.15. The number of nitrogens with zero attached hydrogens (tertiary/aromatic N) is 1. The summed E-state index contributed by atoms with van der Waals surface area (Å²) in [5, 5.41) is 4.63. The number of halogens is 1. The molecule has 2 rings (SSSR count). The fourth-order valence-electron chi connectivity index (χ4n) is 1.98. The van der Waals surface area contributed by atoms with Gasteiger partial charge in [-0.05, 0) is 38.9 Å². The van der Waals surface area contributed by atoms with E-state index in [1.807, 2.05) is 0 Å². The highest BCUT2D eigenvalue weighted by Gasteiger charge is 2.14. The van der Waals surface area contributed by atoms with Crippen molar-refractivity contribution in [3.8, 4) is 10.6 Å². The molecule has 0 fully saturated rings. The number of hydrogen-bond acceptors (Lipinski definition) is 3. The number of aryl methyl sites for hydroxylation is 1. The molecule has 1 atom stereocenters. The molecule has 1 unspecified atom stereocenters. The third-order valence-electron chi connectivity index (χ3n) is 3.02. The van der Waals surface area contributed by atoms with Crippen LogP contribution >= 0.6 is 27.3 Å². The minimum atomic E-state index is 0.377. The lowest BCUT2D eigenvalue weighted by Crippen LogP contribution is -2.18. The van der Waals surface area contributed by atoms with Crippen molar-refractivity contribution in [3.05, 3.63) is 39.3 Å². The van der Waals surface area contributed by atoms with Crippen LogP contribution in [0.3, 0.4) is 0 Å². The highest BCUT2D eigenvalue weighted by atomic mass is 79.9. The first-order chi connectivity index (χ1) is 9.11. The summed E-state index contributed by atoms with van der Waals surface area (Å²) in [5.41, 5.74) is 2.32. The molecule has 2 nitrogen and oxygen atoms in total. The zero-order valence-corrected chi connectivity index (χ0v) is 13.9. The van der Waals surface area contributed by atoms with Crippen molar-refractivity contribution in [3.63, 3.8) is 0 Å². The molecule has 0 aliphatic heterocycles. The molecule has 4 heteroatoms. The van der Waals surface area contributed by atoms with Gasteiger partial charge in [0.25, 0.3) is 0 Å². The topological polar surface area (TPSA) is 24.9 Å². The van der Waals surface area contributed by atoms with Gasteiger partial charge in [-0.1, -0.05) is 35.0 Å². The maximum absolute atomic E-state index is 4.70. The van der Waals surface area contributed by atoms with E-state index >= 15 is 0 Å². The second-order valence-corrected chi connectivity index (χ2v) is 6.60. The van der Waals surface area contributed by atoms with E-state index in [-0.39, 0.29) is 0 Å². The van der Waals surface area contributed by atoms with Crippen molar-refractivity contribution < 1.29 is 0 Å². The molecule has 0 saturated heterocycles. The second kappa shape index (κ2) is 6.64. The molecule has 0 aliphatic rings. The van der Waals surface area contributed by atoms with Crippen molar-refractivity contribution in [1.82, 2.24) is 10.3 Å². The van der Waals surface area contributed by atoms with E-state index in [1.54, 1.807) is 11.3 Å². The second-order valence-electron chi connectivity index (χ2n) is 4.65. The van der Waals surface area contributed by atoms with Crippen LogP contribution in [0.15, 0.2) is 28.7 Å². The summed E-state index contributed by atoms with van der Waals surface area (Å²) in [6.45, 7) is 7.54. The molecule has 19 heavy (non-hydrogen) atoms. The van der Waals surface area contributed by atoms with Crippen molar-refractivity contribution >= 4 is 27.3 Å². The Bertz CT molecular complexity index is 534. The first-order valence-electron chi connectivity index (χ1n) is 6.58. The molecular weight excluding hydrogens is 320 g/mol.